The highest BCUT2D eigenvalue weighted by atomic mass is 16.5. The highest BCUT2D eigenvalue weighted by molar-refractivity contribution is 5.87. The molecular weight excluding hydrogens is 260 g/mol. The number of rotatable bonds is 4. The van der Waals surface area contributed by atoms with Gasteiger partial charge in [0.25, 0.3) is 0 Å². The fourth-order valence-corrected chi connectivity index (χ4v) is 2.92. The Bertz CT molecular complexity index is 358. The largest absolute Gasteiger partial charge is 0.480 e. The highest BCUT2D eigenvalue weighted by Crippen LogP contribution is 2.32. The monoisotopic (exact) mass is 284 g/mol. The van der Waals surface area contributed by atoms with E-state index in [-0.39, 0.29) is 18.4 Å². The minimum absolute atomic E-state index is 0.155. The molecule has 1 amide bonds. The first kappa shape index (κ1) is 15.3. The lowest BCUT2D eigenvalue weighted by atomic mass is 9.77. The molecule has 3 N–H and O–H groups in total. The van der Waals surface area contributed by atoms with Crippen LogP contribution in [0.25, 0.3) is 0 Å². The van der Waals surface area contributed by atoms with Crippen LogP contribution >= 0.6 is 0 Å². The van der Waals surface area contributed by atoms with Crippen LogP contribution < -0.4 is 10.6 Å². The third-order valence-electron chi connectivity index (χ3n) is 4.33. The SMILES string of the molecule is CC1CCC(NC(=O)CC2CNCCO2)(C(=O)O)CC1. The molecule has 1 saturated heterocycles. The van der Waals surface area contributed by atoms with Crippen molar-refractivity contribution in [3.05, 3.63) is 0 Å². The number of hydrogen-bond donors (Lipinski definition) is 3. The third-order valence-corrected chi connectivity index (χ3v) is 4.33. The molecule has 1 aliphatic heterocycles. The molecule has 1 unspecified atom stereocenters. The van der Waals surface area contributed by atoms with E-state index in [2.05, 4.69) is 17.6 Å². The number of carboxylic acid groups (broad SMARTS) is 1. The van der Waals surface area contributed by atoms with Gasteiger partial charge < -0.3 is 20.5 Å². The average Bonchev–Trinajstić information content (AvgIpc) is 2.42. The second-order valence-electron chi connectivity index (χ2n) is 6.02. The van der Waals surface area contributed by atoms with Gasteiger partial charge in [0.2, 0.25) is 5.91 Å². The Balaban J connectivity index is 1.90. The van der Waals surface area contributed by atoms with E-state index in [0.717, 1.165) is 19.4 Å². The van der Waals surface area contributed by atoms with Crippen LogP contribution in [0.3, 0.4) is 0 Å². The second-order valence-corrected chi connectivity index (χ2v) is 6.02. The molecule has 0 aromatic carbocycles. The van der Waals surface area contributed by atoms with Gasteiger partial charge in [-0.2, -0.15) is 0 Å². The van der Waals surface area contributed by atoms with E-state index in [1.165, 1.54) is 0 Å². The third kappa shape index (κ3) is 3.70. The first-order chi connectivity index (χ1) is 9.52. The highest BCUT2D eigenvalue weighted by Gasteiger charge is 2.42. The summed E-state index contributed by atoms with van der Waals surface area (Å²) in [7, 11) is 0. The van der Waals surface area contributed by atoms with Gasteiger partial charge >= 0.3 is 5.97 Å². The van der Waals surface area contributed by atoms with Crippen molar-refractivity contribution in [2.24, 2.45) is 5.92 Å². The Morgan fingerprint density at radius 1 is 1.40 bits per heavy atom. The lowest BCUT2D eigenvalue weighted by molar-refractivity contribution is -0.150. The standard InChI is InChI=1S/C14H24N2O4/c1-10-2-4-14(5-3-10,13(18)19)16-12(17)8-11-9-15-6-7-20-11/h10-11,15H,2-9H2,1H3,(H,16,17)(H,18,19). The van der Waals surface area contributed by atoms with Crippen molar-refractivity contribution >= 4 is 11.9 Å². The molecule has 2 aliphatic rings. The smallest absolute Gasteiger partial charge is 0.329 e. The molecule has 1 atom stereocenters. The lowest BCUT2D eigenvalue weighted by Gasteiger charge is -2.37. The Labute approximate surface area is 119 Å². The lowest BCUT2D eigenvalue weighted by Crippen LogP contribution is -2.57. The van der Waals surface area contributed by atoms with Gasteiger partial charge in [-0.25, -0.2) is 4.79 Å². The minimum atomic E-state index is -1.08. The maximum Gasteiger partial charge on any atom is 0.329 e. The summed E-state index contributed by atoms with van der Waals surface area (Å²) in [6.45, 7) is 4.16. The number of aliphatic carboxylic acids is 1. The quantitative estimate of drug-likeness (QED) is 0.700. The number of nitrogens with one attached hydrogen (secondary N) is 2. The van der Waals surface area contributed by atoms with Gasteiger partial charge in [-0.3, -0.25) is 4.79 Å². The van der Waals surface area contributed by atoms with Gasteiger partial charge in [-0.15, -0.1) is 0 Å². The summed E-state index contributed by atoms with van der Waals surface area (Å²) in [6, 6.07) is 0. The van der Waals surface area contributed by atoms with Crippen LogP contribution in [-0.4, -0.2) is 48.3 Å². The topological polar surface area (TPSA) is 87.7 Å². The number of amides is 1. The van der Waals surface area contributed by atoms with E-state index in [4.69, 9.17) is 4.74 Å². The molecule has 20 heavy (non-hydrogen) atoms. The summed E-state index contributed by atoms with van der Waals surface area (Å²) in [5, 5.41) is 15.4. The van der Waals surface area contributed by atoms with Crippen molar-refractivity contribution in [2.75, 3.05) is 19.7 Å². The minimum Gasteiger partial charge on any atom is -0.480 e. The number of ether oxygens (including phenoxy) is 1. The first-order valence-electron chi connectivity index (χ1n) is 7.38. The number of carbonyl (C=O) groups excluding carboxylic acids is 1. The fourth-order valence-electron chi connectivity index (χ4n) is 2.92. The number of carboxylic acids is 1. The summed E-state index contributed by atoms with van der Waals surface area (Å²) in [6.07, 6.45) is 2.77. The van der Waals surface area contributed by atoms with Crippen LogP contribution in [0.15, 0.2) is 0 Å². The summed E-state index contributed by atoms with van der Waals surface area (Å²) in [5.41, 5.74) is -1.08. The van der Waals surface area contributed by atoms with Gasteiger partial charge in [-0.05, 0) is 31.6 Å². The molecule has 0 aromatic rings. The van der Waals surface area contributed by atoms with E-state index < -0.39 is 11.5 Å². The predicted octanol–water partition coefficient (Wildman–Crippen LogP) is 0.515. The molecular formula is C14H24N2O4. The summed E-state index contributed by atoms with van der Waals surface area (Å²) in [5.74, 6) is -0.610. The molecule has 2 fully saturated rings. The van der Waals surface area contributed by atoms with Crippen molar-refractivity contribution in [1.82, 2.24) is 10.6 Å². The molecule has 0 aromatic heterocycles. The van der Waals surface area contributed by atoms with E-state index in [9.17, 15) is 14.7 Å². The molecule has 1 heterocycles. The summed E-state index contributed by atoms with van der Waals surface area (Å²) < 4.78 is 5.48. The molecule has 0 bridgehead atoms. The van der Waals surface area contributed by atoms with Crippen molar-refractivity contribution in [2.45, 2.75) is 50.7 Å². The van der Waals surface area contributed by atoms with Crippen LogP contribution in [-0.2, 0) is 14.3 Å². The zero-order chi connectivity index (χ0) is 14.6. The van der Waals surface area contributed by atoms with Crippen LogP contribution in [0.4, 0.5) is 0 Å². The normalized spacial score (nSPS) is 34.5. The number of morpholine rings is 1. The zero-order valence-corrected chi connectivity index (χ0v) is 12.0. The Morgan fingerprint density at radius 2 is 2.10 bits per heavy atom. The average molecular weight is 284 g/mol. The van der Waals surface area contributed by atoms with E-state index in [0.29, 0.717) is 31.9 Å². The van der Waals surface area contributed by atoms with Gasteiger partial charge in [0.1, 0.15) is 5.54 Å². The summed E-state index contributed by atoms with van der Waals surface area (Å²) in [4.78, 5) is 23.6. The summed E-state index contributed by atoms with van der Waals surface area (Å²) >= 11 is 0. The molecule has 0 radical (unpaired) electrons. The van der Waals surface area contributed by atoms with Crippen molar-refractivity contribution < 1.29 is 19.4 Å². The maximum atomic E-state index is 12.1. The van der Waals surface area contributed by atoms with Gasteiger partial charge in [0.15, 0.2) is 0 Å². The zero-order valence-electron chi connectivity index (χ0n) is 12.0. The van der Waals surface area contributed by atoms with Crippen LogP contribution in [0.5, 0.6) is 0 Å². The number of hydrogen-bond acceptors (Lipinski definition) is 4. The van der Waals surface area contributed by atoms with Crippen molar-refractivity contribution in [3.63, 3.8) is 0 Å². The van der Waals surface area contributed by atoms with E-state index >= 15 is 0 Å². The Kier molecular flexibility index (Phi) is 4.99. The number of carbonyl (C=O) groups is 2. The van der Waals surface area contributed by atoms with Crippen LogP contribution in [0.1, 0.15) is 39.0 Å². The molecule has 1 saturated carbocycles. The van der Waals surface area contributed by atoms with Crippen molar-refractivity contribution in [1.29, 1.82) is 0 Å². The van der Waals surface area contributed by atoms with Gasteiger partial charge in [0, 0.05) is 13.1 Å². The maximum absolute atomic E-state index is 12.1. The van der Waals surface area contributed by atoms with Gasteiger partial charge in [0.05, 0.1) is 19.1 Å². The first-order valence-corrected chi connectivity index (χ1v) is 7.38. The van der Waals surface area contributed by atoms with Gasteiger partial charge in [-0.1, -0.05) is 6.92 Å². The fraction of sp³-hybridized carbons (Fsp3) is 0.857. The van der Waals surface area contributed by atoms with E-state index in [1.54, 1.807) is 0 Å². The van der Waals surface area contributed by atoms with E-state index in [1.807, 2.05) is 0 Å². The van der Waals surface area contributed by atoms with Crippen LogP contribution in [0, 0.1) is 5.92 Å². The molecule has 0 spiro atoms. The van der Waals surface area contributed by atoms with Crippen LogP contribution in [0.2, 0.25) is 0 Å². The van der Waals surface area contributed by atoms with Crippen molar-refractivity contribution in [3.8, 4) is 0 Å². The second kappa shape index (κ2) is 6.54. The molecule has 6 heteroatoms. The Hall–Kier alpha value is -1.14. The molecule has 114 valence electrons. The Morgan fingerprint density at radius 3 is 2.65 bits per heavy atom. The molecule has 6 nitrogen and oxygen atoms in total. The predicted molar refractivity (Wildman–Crippen MR) is 73.4 cm³/mol. The molecule has 2 rings (SSSR count). The molecule has 1 aliphatic carbocycles.